The summed E-state index contributed by atoms with van der Waals surface area (Å²) in [6.07, 6.45) is 1.59. The molecule has 3 rings (SSSR count). The Morgan fingerprint density at radius 2 is 2.04 bits per heavy atom. The molecule has 0 unspecified atom stereocenters. The van der Waals surface area contributed by atoms with Gasteiger partial charge in [0.15, 0.2) is 0 Å². The van der Waals surface area contributed by atoms with Crippen molar-refractivity contribution in [3.63, 3.8) is 0 Å². The fourth-order valence-corrected chi connectivity index (χ4v) is 3.87. The van der Waals surface area contributed by atoms with Crippen LogP contribution in [0.3, 0.4) is 0 Å². The summed E-state index contributed by atoms with van der Waals surface area (Å²) in [6.45, 7) is 0. The molecule has 0 spiro atoms. The van der Waals surface area contributed by atoms with E-state index in [-0.39, 0.29) is 0 Å². The summed E-state index contributed by atoms with van der Waals surface area (Å²) >= 11 is 11.0. The maximum absolute atomic E-state index is 9.58. The third-order valence-corrected chi connectivity index (χ3v) is 5.49. The van der Waals surface area contributed by atoms with E-state index in [0.29, 0.717) is 32.8 Å². The smallest absolute Gasteiger partial charge is 0.144 e. The van der Waals surface area contributed by atoms with E-state index in [1.807, 2.05) is 29.6 Å². The summed E-state index contributed by atoms with van der Waals surface area (Å²) in [7, 11) is 3.08. The zero-order valence-corrected chi connectivity index (χ0v) is 18.2. The number of halogens is 2. The van der Waals surface area contributed by atoms with E-state index in [9.17, 15) is 5.26 Å². The number of nitrogens with one attached hydrogen (secondary N) is 1. The predicted molar refractivity (Wildman–Crippen MR) is 117 cm³/mol. The second-order valence-corrected chi connectivity index (χ2v) is 7.73. The summed E-state index contributed by atoms with van der Waals surface area (Å²) in [6, 6.07) is 13.4. The molecule has 0 radical (unpaired) electrons. The number of anilines is 1. The molecule has 5 nitrogen and oxygen atoms in total. The highest BCUT2D eigenvalue weighted by Crippen LogP contribution is 2.36. The maximum Gasteiger partial charge on any atom is 0.144 e. The molecule has 0 bridgehead atoms. The van der Waals surface area contributed by atoms with Crippen LogP contribution < -0.4 is 14.8 Å². The molecule has 1 N–H and O–H groups in total. The van der Waals surface area contributed by atoms with Gasteiger partial charge in [-0.25, -0.2) is 4.98 Å². The number of benzene rings is 2. The highest BCUT2D eigenvalue weighted by molar-refractivity contribution is 9.10. The first-order valence-corrected chi connectivity index (χ1v) is 10.1. The van der Waals surface area contributed by atoms with Gasteiger partial charge in [0.25, 0.3) is 0 Å². The van der Waals surface area contributed by atoms with Crippen LogP contribution in [0.2, 0.25) is 5.02 Å². The van der Waals surface area contributed by atoms with Crippen molar-refractivity contribution in [2.24, 2.45) is 0 Å². The van der Waals surface area contributed by atoms with Crippen molar-refractivity contribution in [2.75, 3.05) is 19.5 Å². The Balaban J connectivity index is 1.89. The second kappa shape index (κ2) is 9.11. The van der Waals surface area contributed by atoms with E-state index in [0.717, 1.165) is 15.7 Å². The van der Waals surface area contributed by atoms with E-state index in [1.165, 1.54) is 18.4 Å². The number of nitrogens with zero attached hydrogens (tertiary/aromatic N) is 2. The van der Waals surface area contributed by atoms with Crippen LogP contribution in [0.5, 0.6) is 11.5 Å². The lowest BCUT2D eigenvalue weighted by Gasteiger charge is -2.12. The van der Waals surface area contributed by atoms with Crippen molar-refractivity contribution < 1.29 is 9.47 Å². The van der Waals surface area contributed by atoms with Gasteiger partial charge in [-0.05, 0) is 12.1 Å². The average molecular weight is 477 g/mol. The zero-order chi connectivity index (χ0) is 20.1. The number of methoxy groups -OCH3 is 2. The molecule has 0 saturated carbocycles. The number of rotatable bonds is 6. The van der Waals surface area contributed by atoms with E-state index in [4.69, 9.17) is 21.1 Å². The van der Waals surface area contributed by atoms with Crippen LogP contribution in [0.1, 0.15) is 5.01 Å². The number of allylic oxidation sites excluding steroid dienone is 1. The molecule has 0 amide bonds. The van der Waals surface area contributed by atoms with Gasteiger partial charge in [0.1, 0.15) is 28.1 Å². The van der Waals surface area contributed by atoms with Gasteiger partial charge in [-0.15, -0.1) is 11.3 Å². The first-order valence-electron chi connectivity index (χ1n) is 8.06. The highest BCUT2D eigenvalue weighted by Gasteiger charge is 2.12. The molecule has 0 saturated heterocycles. The monoisotopic (exact) mass is 475 g/mol. The average Bonchev–Trinajstić information content (AvgIpc) is 3.19. The molecular weight excluding hydrogens is 462 g/mol. The van der Waals surface area contributed by atoms with Crippen LogP contribution in [0.15, 0.2) is 52.5 Å². The van der Waals surface area contributed by atoms with Gasteiger partial charge < -0.3 is 14.8 Å². The Labute approximate surface area is 180 Å². The van der Waals surface area contributed by atoms with Crippen LogP contribution in [0.25, 0.3) is 16.8 Å². The van der Waals surface area contributed by atoms with Gasteiger partial charge in [0, 0.05) is 33.7 Å². The Hall–Kier alpha value is -2.53. The van der Waals surface area contributed by atoms with Crippen LogP contribution in [0, 0.1) is 11.3 Å². The fourth-order valence-electron chi connectivity index (χ4n) is 2.44. The topological polar surface area (TPSA) is 67.2 Å². The van der Waals surface area contributed by atoms with E-state index in [2.05, 4.69) is 32.3 Å². The normalized spacial score (nSPS) is 11.0. The van der Waals surface area contributed by atoms with Gasteiger partial charge >= 0.3 is 0 Å². The first-order chi connectivity index (χ1) is 13.5. The number of nitriles is 1. The Kier molecular flexibility index (Phi) is 6.57. The van der Waals surface area contributed by atoms with Crippen molar-refractivity contribution in [1.82, 2.24) is 4.98 Å². The quantitative estimate of drug-likeness (QED) is 0.428. The van der Waals surface area contributed by atoms with Crippen molar-refractivity contribution in [1.29, 1.82) is 5.26 Å². The minimum atomic E-state index is 0.405. The molecule has 0 aliphatic carbocycles. The van der Waals surface area contributed by atoms with Gasteiger partial charge in [-0.2, -0.15) is 5.26 Å². The predicted octanol–water partition coefficient (Wildman–Crippen LogP) is 6.22. The summed E-state index contributed by atoms with van der Waals surface area (Å²) in [5, 5.41) is 15.6. The molecule has 142 valence electrons. The Morgan fingerprint density at radius 1 is 1.25 bits per heavy atom. The van der Waals surface area contributed by atoms with Crippen LogP contribution >= 0.6 is 38.9 Å². The second-order valence-electron chi connectivity index (χ2n) is 5.55. The van der Waals surface area contributed by atoms with Gasteiger partial charge in [-0.3, -0.25) is 0 Å². The van der Waals surface area contributed by atoms with Crippen molar-refractivity contribution in [3.8, 4) is 28.8 Å². The Bertz CT molecular complexity index is 1080. The lowest BCUT2D eigenvalue weighted by molar-refractivity contribution is 0.405. The SMILES string of the molecule is COc1cc(NC=C(C#N)c2nc(-c3cccc(Br)c3)cs2)c(OC)cc1Cl. The molecule has 2 aromatic carbocycles. The number of hydrogen-bond donors (Lipinski definition) is 1. The van der Waals surface area contributed by atoms with Gasteiger partial charge in [0.05, 0.1) is 30.6 Å². The third-order valence-electron chi connectivity index (χ3n) is 3.82. The lowest BCUT2D eigenvalue weighted by Crippen LogP contribution is -1.96. The maximum atomic E-state index is 9.58. The summed E-state index contributed by atoms with van der Waals surface area (Å²) in [4.78, 5) is 4.59. The molecule has 1 heterocycles. The molecule has 8 heteroatoms. The molecule has 0 aliphatic rings. The van der Waals surface area contributed by atoms with Gasteiger partial charge in [0.2, 0.25) is 0 Å². The molecule has 3 aromatic rings. The molecular formula is C20H15BrClN3O2S. The van der Waals surface area contributed by atoms with Crippen LogP contribution in [0.4, 0.5) is 5.69 Å². The molecule has 28 heavy (non-hydrogen) atoms. The van der Waals surface area contributed by atoms with Crippen LogP contribution in [-0.2, 0) is 0 Å². The van der Waals surface area contributed by atoms with Gasteiger partial charge in [-0.1, -0.05) is 39.7 Å². The van der Waals surface area contributed by atoms with E-state index < -0.39 is 0 Å². The number of aromatic nitrogens is 1. The fraction of sp³-hybridized carbons (Fsp3) is 0.100. The number of ether oxygens (including phenoxy) is 2. The largest absolute Gasteiger partial charge is 0.495 e. The van der Waals surface area contributed by atoms with E-state index in [1.54, 1.807) is 25.4 Å². The first kappa shape index (κ1) is 20.2. The van der Waals surface area contributed by atoms with Crippen molar-refractivity contribution in [3.05, 3.63) is 62.5 Å². The highest BCUT2D eigenvalue weighted by atomic mass is 79.9. The zero-order valence-electron chi connectivity index (χ0n) is 15.0. The summed E-state index contributed by atoms with van der Waals surface area (Å²) in [5.74, 6) is 1.04. The molecule has 0 atom stereocenters. The summed E-state index contributed by atoms with van der Waals surface area (Å²) < 4.78 is 11.5. The van der Waals surface area contributed by atoms with E-state index >= 15 is 0 Å². The molecule has 0 fully saturated rings. The number of hydrogen-bond acceptors (Lipinski definition) is 6. The number of thiazole rings is 1. The lowest BCUT2D eigenvalue weighted by atomic mass is 10.2. The summed E-state index contributed by atoms with van der Waals surface area (Å²) in [5.41, 5.74) is 2.82. The Morgan fingerprint density at radius 3 is 2.71 bits per heavy atom. The standard InChI is InChI=1S/C20H15BrClN3O2S/c1-26-18-8-16(19(27-2)7-15(18)22)24-10-13(9-23)20-25-17(11-28-20)12-4-3-5-14(21)6-12/h3-8,10-11,24H,1-2H3. The molecule has 0 aliphatic heterocycles. The third kappa shape index (κ3) is 4.47. The minimum absolute atomic E-state index is 0.405. The van der Waals surface area contributed by atoms with Crippen LogP contribution in [-0.4, -0.2) is 19.2 Å². The minimum Gasteiger partial charge on any atom is -0.495 e. The van der Waals surface area contributed by atoms with Crippen molar-refractivity contribution >= 4 is 50.1 Å². The molecule has 1 aromatic heterocycles. The van der Waals surface area contributed by atoms with Crippen molar-refractivity contribution in [2.45, 2.75) is 0 Å².